The second kappa shape index (κ2) is 6.34. The van der Waals surface area contributed by atoms with E-state index < -0.39 is 0 Å². The van der Waals surface area contributed by atoms with Crippen LogP contribution in [0, 0.1) is 12.7 Å². The molecule has 0 amide bonds. The minimum Gasteiger partial charge on any atom is -0.339 e. The van der Waals surface area contributed by atoms with Crippen LogP contribution in [-0.4, -0.2) is 28.1 Å². The van der Waals surface area contributed by atoms with E-state index in [1.807, 2.05) is 13.0 Å². The molecule has 1 aromatic heterocycles. The third-order valence-electron chi connectivity index (χ3n) is 4.40. The van der Waals surface area contributed by atoms with Crippen LogP contribution in [0.1, 0.15) is 49.0 Å². The lowest BCUT2D eigenvalue weighted by Gasteiger charge is -2.35. The summed E-state index contributed by atoms with van der Waals surface area (Å²) < 4.78 is 18.9. The number of aryl methyl sites for hydroxylation is 1. The van der Waals surface area contributed by atoms with Crippen molar-refractivity contribution < 1.29 is 8.91 Å². The Bertz CT molecular complexity index is 653. The second-order valence-electron chi connectivity index (χ2n) is 5.84. The van der Waals surface area contributed by atoms with E-state index in [1.54, 1.807) is 6.07 Å². The van der Waals surface area contributed by atoms with Crippen LogP contribution in [0.15, 0.2) is 22.7 Å². The number of likely N-dealkylation sites (tertiary alicyclic amines) is 1. The van der Waals surface area contributed by atoms with E-state index in [0.29, 0.717) is 11.7 Å². The van der Waals surface area contributed by atoms with Crippen LogP contribution in [-0.2, 0) is 0 Å². The molecule has 1 aromatic carbocycles. The van der Waals surface area contributed by atoms with Crippen molar-refractivity contribution in [1.82, 2.24) is 15.0 Å². The molecule has 1 atom stereocenters. The number of nitrogens with zero attached hydrogens (tertiary/aromatic N) is 3. The molecular weight excluding hydrogens is 305 g/mol. The van der Waals surface area contributed by atoms with Gasteiger partial charge in [0.2, 0.25) is 5.89 Å². The molecule has 6 heteroatoms. The van der Waals surface area contributed by atoms with E-state index in [-0.39, 0.29) is 16.9 Å². The zero-order chi connectivity index (χ0) is 15.7. The quantitative estimate of drug-likeness (QED) is 0.852. The Morgan fingerprint density at radius 1 is 1.36 bits per heavy atom. The molecule has 118 valence electrons. The van der Waals surface area contributed by atoms with Crippen LogP contribution in [0.2, 0.25) is 5.02 Å². The number of benzene rings is 1. The lowest BCUT2D eigenvalue weighted by Crippen LogP contribution is -2.35. The first-order valence-corrected chi connectivity index (χ1v) is 7.91. The number of hydrogen-bond acceptors (Lipinski definition) is 4. The van der Waals surface area contributed by atoms with Crippen molar-refractivity contribution in [2.24, 2.45) is 0 Å². The Morgan fingerprint density at radius 2 is 2.09 bits per heavy atom. The van der Waals surface area contributed by atoms with Gasteiger partial charge in [-0.25, -0.2) is 4.39 Å². The zero-order valence-electron chi connectivity index (χ0n) is 12.7. The minimum absolute atomic E-state index is 0.164. The Hall–Kier alpha value is -1.46. The SMILES string of the molecule is Cc1noc(C2CCN(C(C)c3ccc(Cl)c(F)c3)CC2)n1. The van der Waals surface area contributed by atoms with Gasteiger partial charge in [0.1, 0.15) is 5.82 Å². The average Bonchev–Trinajstić information content (AvgIpc) is 2.96. The highest BCUT2D eigenvalue weighted by Crippen LogP contribution is 2.32. The van der Waals surface area contributed by atoms with E-state index >= 15 is 0 Å². The van der Waals surface area contributed by atoms with Crippen LogP contribution in [0.25, 0.3) is 0 Å². The van der Waals surface area contributed by atoms with Crippen molar-refractivity contribution in [2.45, 2.75) is 38.6 Å². The fourth-order valence-electron chi connectivity index (χ4n) is 3.00. The molecule has 22 heavy (non-hydrogen) atoms. The van der Waals surface area contributed by atoms with E-state index in [2.05, 4.69) is 22.0 Å². The van der Waals surface area contributed by atoms with Gasteiger partial charge < -0.3 is 4.52 Å². The molecule has 1 fully saturated rings. The number of rotatable bonds is 3. The maximum absolute atomic E-state index is 13.6. The van der Waals surface area contributed by atoms with Crippen molar-refractivity contribution >= 4 is 11.6 Å². The van der Waals surface area contributed by atoms with Gasteiger partial charge in [-0.3, -0.25) is 4.90 Å². The molecular formula is C16H19ClFN3O. The fraction of sp³-hybridized carbons (Fsp3) is 0.500. The second-order valence-corrected chi connectivity index (χ2v) is 6.25. The molecule has 1 aliphatic heterocycles. The molecule has 0 N–H and O–H groups in total. The lowest BCUT2D eigenvalue weighted by molar-refractivity contribution is 0.151. The standard InChI is InChI=1S/C16H19ClFN3O/c1-10(13-3-4-14(17)15(18)9-13)21-7-5-12(6-8-21)16-19-11(2)20-22-16/h3-4,9-10,12H,5-8H2,1-2H3. The molecule has 2 heterocycles. The Balaban J connectivity index is 1.64. The van der Waals surface area contributed by atoms with Gasteiger partial charge in [0.15, 0.2) is 5.82 Å². The van der Waals surface area contributed by atoms with Crippen LogP contribution in [0.4, 0.5) is 4.39 Å². The highest BCUT2D eigenvalue weighted by atomic mass is 35.5. The van der Waals surface area contributed by atoms with Gasteiger partial charge in [-0.05, 0) is 57.5 Å². The molecule has 0 radical (unpaired) electrons. The van der Waals surface area contributed by atoms with E-state index in [9.17, 15) is 4.39 Å². The number of halogens is 2. The third kappa shape index (κ3) is 3.15. The van der Waals surface area contributed by atoms with Crippen LogP contribution in [0.5, 0.6) is 0 Å². The number of hydrogen-bond donors (Lipinski definition) is 0. The van der Waals surface area contributed by atoms with E-state index in [0.717, 1.165) is 37.4 Å². The van der Waals surface area contributed by atoms with Gasteiger partial charge in [-0.2, -0.15) is 4.98 Å². The van der Waals surface area contributed by atoms with Gasteiger partial charge in [0.05, 0.1) is 5.02 Å². The van der Waals surface area contributed by atoms with Gasteiger partial charge in [-0.1, -0.05) is 22.8 Å². The van der Waals surface area contributed by atoms with Crippen molar-refractivity contribution in [3.05, 3.63) is 46.3 Å². The number of aromatic nitrogens is 2. The van der Waals surface area contributed by atoms with Crippen LogP contribution in [0.3, 0.4) is 0 Å². The normalized spacial score (nSPS) is 18.5. The van der Waals surface area contributed by atoms with Crippen LogP contribution >= 0.6 is 11.6 Å². The number of piperidine rings is 1. The van der Waals surface area contributed by atoms with Gasteiger partial charge in [0.25, 0.3) is 0 Å². The summed E-state index contributed by atoms with van der Waals surface area (Å²) in [6.07, 6.45) is 1.95. The molecule has 4 nitrogen and oxygen atoms in total. The maximum Gasteiger partial charge on any atom is 0.229 e. The third-order valence-corrected chi connectivity index (χ3v) is 4.70. The maximum atomic E-state index is 13.6. The van der Waals surface area contributed by atoms with Crippen molar-refractivity contribution in [2.75, 3.05) is 13.1 Å². The van der Waals surface area contributed by atoms with Gasteiger partial charge >= 0.3 is 0 Å². The first-order chi connectivity index (χ1) is 10.5. The van der Waals surface area contributed by atoms with Crippen molar-refractivity contribution in [3.8, 4) is 0 Å². The summed E-state index contributed by atoms with van der Waals surface area (Å²) in [5, 5.41) is 4.03. The first-order valence-electron chi connectivity index (χ1n) is 7.54. The molecule has 1 aliphatic rings. The smallest absolute Gasteiger partial charge is 0.229 e. The molecule has 1 saturated heterocycles. The fourth-order valence-corrected chi connectivity index (χ4v) is 3.11. The summed E-state index contributed by atoms with van der Waals surface area (Å²) in [5.74, 6) is 1.39. The van der Waals surface area contributed by atoms with E-state index in [1.165, 1.54) is 6.07 Å². The topological polar surface area (TPSA) is 42.2 Å². The summed E-state index contributed by atoms with van der Waals surface area (Å²) in [4.78, 5) is 6.67. The minimum atomic E-state index is -0.359. The molecule has 0 bridgehead atoms. The van der Waals surface area contributed by atoms with Crippen molar-refractivity contribution in [3.63, 3.8) is 0 Å². The Kier molecular flexibility index (Phi) is 4.45. The predicted molar refractivity (Wildman–Crippen MR) is 82.4 cm³/mol. The monoisotopic (exact) mass is 323 g/mol. The summed E-state index contributed by atoms with van der Waals surface area (Å²) >= 11 is 5.75. The zero-order valence-corrected chi connectivity index (χ0v) is 13.5. The largest absolute Gasteiger partial charge is 0.339 e. The highest BCUT2D eigenvalue weighted by molar-refractivity contribution is 6.30. The first kappa shape index (κ1) is 15.4. The van der Waals surface area contributed by atoms with Crippen molar-refractivity contribution in [1.29, 1.82) is 0 Å². The molecule has 0 aliphatic carbocycles. The van der Waals surface area contributed by atoms with Gasteiger partial charge in [0, 0.05) is 12.0 Å². The summed E-state index contributed by atoms with van der Waals surface area (Å²) in [7, 11) is 0. The Morgan fingerprint density at radius 3 is 2.68 bits per heavy atom. The highest BCUT2D eigenvalue weighted by Gasteiger charge is 2.27. The molecule has 0 spiro atoms. The van der Waals surface area contributed by atoms with Crippen LogP contribution < -0.4 is 0 Å². The molecule has 1 unspecified atom stereocenters. The van der Waals surface area contributed by atoms with E-state index in [4.69, 9.17) is 16.1 Å². The molecule has 3 rings (SSSR count). The predicted octanol–water partition coefficient (Wildman–Crippen LogP) is 4.11. The molecule has 2 aromatic rings. The molecule has 0 saturated carbocycles. The summed E-state index contributed by atoms with van der Waals surface area (Å²) in [6, 6.07) is 5.21. The van der Waals surface area contributed by atoms with Gasteiger partial charge in [-0.15, -0.1) is 0 Å². The lowest BCUT2D eigenvalue weighted by atomic mass is 9.94. The summed E-state index contributed by atoms with van der Waals surface area (Å²) in [6.45, 7) is 5.79. The summed E-state index contributed by atoms with van der Waals surface area (Å²) in [5.41, 5.74) is 0.953. The average molecular weight is 324 g/mol. The Labute approximate surface area is 134 Å².